The first-order valence-electron chi connectivity index (χ1n) is 41.8. The Kier molecular flexibility index (Phi) is 28.5. The highest BCUT2D eigenvalue weighted by Crippen LogP contribution is 2.51. The number of rotatable bonds is 13. The third-order valence-electron chi connectivity index (χ3n) is 24.2. The first kappa shape index (κ1) is 92.1. The fourth-order valence-electron chi connectivity index (χ4n) is 17.6. The van der Waals surface area contributed by atoms with Crippen molar-refractivity contribution in [3.05, 3.63) is 269 Å². The van der Waals surface area contributed by atoms with Crippen LogP contribution in [-0.2, 0) is 48.9 Å². The monoisotopic (exact) mass is 1970 g/mol. The molecule has 0 radical (unpaired) electrons. The Morgan fingerprint density at radius 1 is 0.481 bits per heavy atom. The summed E-state index contributed by atoms with van der Waals surface area (Å²) in [5.74, 6) is -2.74. The maximum Gasteiger partial charge on any atom is 0.327 e. The number of fused-ring (bicyclic) bond motifs is 6. The van der Waals surface area contributed by atoms with Gasteiger partial charge in [-0.25, -0.2) is 17.9 Å². The van der Waals surface area contributed by atoms with Gasteiger partial charge in [-0.3, -0.25) is 24.0 Å². The number of thiophene rings is 5. The van der Waals surface area contributed by atoms with Crippen molar-refractivity contribution in [2.45, 2.75) is 52.0 Å². The molecule has 0 bridgehead atoms. The number of carboxylic acids is 1. The number of hydrogen-bond acceptors (Lipinski definition) is 24. The Bertz CT molecular complexity index is 6050. The van der Waals surface area contributed by atoms with Gasteiger partial charge in [0.15, 0.2) is 5.78 Å². The fourth-order valence-corrected chi connectivity index (χ4v) is 26.3. The topological polar surface area (TPSA) is 314 Å². The molecule has 21 rings (SSSR count). The molecular formula is C92H88Cl6N10O15S6. The van der Waals surface area contributed by atoms with Gasteiger partial charge < -0.3 is 80.1 Å². The Morgan fingerprint density at radius 2 is 0.922 bits per heavy atom. The van der Waals surface area contributed by atoms with Crippen LogP contribution < -0.4 is 50.9 Å². The van der Waals surface area contributed by atoms with Gasteiger partial charge in [0.05, 0.1) is 131 Å². The predicted octanol–water partition coefficient (Wildman–Crippen LogP) is 15.8. The number of sulfonamides is 1. The molecule has 674 valence electrons. The summed E-state index contributed by atoms with van der Waals surface area (Å²) in [4.78, 5) is 87.8. The van der Waals surface area contributed by atoms with Gasteiger partial charge in [-0.05, 0) is 140 Å². The Hall–Kier alpha value is -8.75. The number of aliphatic hydroxyl groups is 1. The zero-order valence-corrected chi connectivity index (χ0v) is 78.6. The van der Waals surface area contributed by atoms with Gasteiger partial charge in [-0.1, -0.05) is 155 Å². The van der Waals surface area contributed by atoms with E-state index in [0.29, 0.717) is 136 Å². The summed E-state index contributed by atoms with van der Waals surface area (Å²) in [7, 11) is -3.63. The minimum atomic E-state index is -3.63. The molecule has 1 aliphatic carbocycles. The number of nitrogens with zero attached hydrogens (tertiary/aromatic N) is 5. The number of primary amides is 1. The maximum atomic E-state index is 12.6. The zero-order valence-electron chi connectivity index (χ0n) is 69.2. The van der Waals surface area contributed by atoms with E-state index in [1.165, 1.54) is 50.1 Å². The zero-order chi connectivity index (χ0) is 90.1. The molecule has 37 heteroatoms. The Morgan fingerprint density at radius 3 is 1.40 bits per heavy atom. The van der Waals surface area contributed by atoms with E-state index in [9.17, 15) is 47.4 Å². The molecule has 9 aliphatic heterocycles. The number of halogens is 6. The molecule has 3 unspecified atom stereocenters. The van der Waals surface area contributed by atoms with Crippen molar-refractivity contribution in [1.29, 1.82) is 0 Å². The van der Waals surface area contributed by atoms with Crippen LogP contribution in [0.3, 0.4) is 0 Å². The van der Waals surface area contributed by atoms with Crippen LogP contribution in [0.15, 0.2) is 162 Å². The van der Waals surface area contributed by atoms with Crippen molar-refractivity contribution in [3.8, 4) is 0 Å². The van der Waals surface area contributed by atoms with Crippen LogP contribution >= 0.6 is 126 Å². The molecule has 5 aromatic heterocycles. The van der Waals surface area contributed by atoms with Crippen molar-refractivity contribution >= 4 is 214 Å². The number of hydrogen-bond donors (Lipinski definition) is 7. The summed E-state index contributed by atoms with van der Waals surface area (Å²) in [5.41, 5.74) is 14.0. The summed E-state index contributed by atoms with van der Waals surface area (Å²) >= 11 is 43.6. The Balaban J connectivity index is 0.000000113. The summed E-state index contributed by atoms with van der Waals surface area (Å²) < 4.78 is 55.1. The van der Waals surface area contributed by atoms with Gasteiger partial charge in [-0.15, -0.1) is 56.7 Å². The molecule has 4 amide bonds. The lowest BCUT2D eigenvalue weighted by Gasteiger charge is -2.33. The van der Waals surface area contributed by atoms with Crippen molar-refractivity contribution in [2.24, 2.45) is 5.73 Å². The van der Waals surface area contributed by atoms with Crippen LogP contribution in [0.25, 0.3) is 16.8 Å². The smallest absolute Gasteiger partial charge is 0.327 e. The number of nitrogens with one attached hydrogen (secondary N) is 4. The minimum Gasteiger partial charge on any atom is -0.480 e. The number of ketones is 1. The molecule has 10 aliphatic rings. The number of amides is 4. The van der Waals surface area contributed by atoms with E-state index >= 15 is 0 Å². The van der Waals surface area contributed by atoms with Gasteiger partial charge >= 0.3 is 5.97 Å². The lowest BCUT2D eigenvalue weighted by atomic mass is 9.82. The number of β-amino-alcohol motifs (C(OH)–C–C–N with tert-alkyl or cyclic N) is 1. The van der Waals surface area contributed by atoms with Gasteiger partial charge in [0, 0.05) is 130 Å². The molecule has 0 spiro atoms. The van der Waals surface area contributed by atoms with Gasteiger partial charge in [-0.2, -0.15) is 0 Å². The van der Waals surface area contributed by atoms with Crippen LogP contribution in [0.5, 0.6) is 0 Å². The van der Waals surface area contributed by atoms with Crippen LogP contribution in [0, 0.1) is 0 Å². The van der Waals surface area contributed by atoms with Crippen molar-refractivity contribution in [2.75, 3.05) is 169 Å². The first-order chi connectivity index (χ1) is 62.3. The predicted molar refractivity (Wildman–Crippen MR) is 513 cm³/mol. The van der Waals surface area contributed by atoms with E-state index < -0.39 is 51.4 Å². The molecule has 14 heterocycles. The number of anilines is 5. The van der Waals surface area contributed by atoms with E-state index in [0.717, 1.165) is 139 Å². The van der Waals surface area contributed by atoms with E-state index in [1.807, 2.05) is 121 Å². The number of carbonyl (C=O) groups is 6. The molecule has 129 heavy (non-hydrogen) atoms. The number of carbonyl (C=O) groups excluding carboxylic acids is 5. The molecule has 5 fully saturated rings. The minimum absolute atomic E-state index is 0.00724. The van der Waals surface area contributed by atoms with Gasteiger partial charge in [0.25, 0.3) is 27.7 Å². The second-order valence-corrected chi connectivity index (χ2v) is 41.5. The van der Waals surface area contributed by atoms with E-state index in [4.69, 9.17) is 99.0 Å². The molecule has 5 saturated heterocycles. The second-order valence-electron chi connectivity index (χ2n) is 31.9. The van der Waals surface area contributed by atoms with Crippen LogP contribution in [0.1, 0.15) is 130 Å². The van der Waals surface area contributed by atoms with E-state index in [2.05, 4.69) is 57.8 Å². The van der Waals surface area contributed by atoms with E-state index in [1.54, 1.807) is 53.0 Å². The van der Waals surface area contributed by atoms with Crippen molar-refractivity contribution < 1.29 is 71.1 Å². The average Bonchev–Trinajstić information content (AvgIpc) is 1.57. The lowest BCUT2D eigenvalue weighted by Crippen LogP contribution is -2.51. The summed E-state index contributed by atoms with van der Waals surface area (Å²) in [6.45, 7) is 19.2. The number of ether oxygens (including phenoxy) is 5. The van der Waals surface area contributed by atoms with E-state index in [-0.39, 0.29) is 46.1 Å². The average molecular weight is 1980 g/mol. The normalized spacial score (nSPS) is 22.1. The third kappa shape index (κ3) is 19.6. The largest absolute Gasteiger partial charge is 0.480 e. The van der Waals surface area contributed by atoms with Crippen molar-refractivity contribution in [1.82, 2.24) is 20.7 Å². The SMILES string of the molecule is C=Cc1c(N2CCOCC2)sc2c1C(c1ccc(Cl)cc1)CNC2=O.NC(=O)[C@@H]1NC(=O)c2sc(N3CCOCC3)cc2[C@H]1c1ccc(Cl)c(Cl)c1.O=C1CC(c2ccc(Cl)cc2)c2cc(N3CCOCC3)sc21.O=C1N[C@@H](C(=O)O)[C@H](c2ccc(Cl)c(Cl)c2)c2cc(N3CCOCC3)sc21.O=S1(=O)NCC(O)(c2ccc3ccccc3c2)c2cc(N3CCOCC3)sc21. The highest BCUT2D eigenvalue weighted by Gasteiger charge is 2.47. The van der Waals surface area contributed by atoms with Crippen LogP contribution in [-0.4, -0.2) is 211 Å². The highest BCUT2D eigenvalue weighted by molar-refractivity contribution is 7.91. The number of morpholine rings is 5. The number of carboxylic acid groups (broad SMARTS) is 1. The van der Waals surface area contributed by atoms with Gasteiger partial charge in [0.2, 0.25) is 5.91 Å². The number of Topliss-reactive ketones (excluding diaryl/α,β-unsaturated/α-hetero) is 1. The summed E-state index contributed by atoms with van der Waals surface area (Å²) in [5, 5.41) is 39.9. The second kappa shape index (κ2) is 40.0. The van der Waals surface area contributed by atoms with Crippen molar-refractivity contribution in [3.63, 3.8) is 0 Å². The van der Waals surface area contributed by atoms with Crippen LogP contribution in [0.2, 0.25) is 30.1 Å². The third-order valence-corrected chi connectivity index (χ3v) is 34.3. The lowest BCUT2D eigenvalue weighted by molar-refractivity contribution is -0.139. The number of nitrogens with two attached hydrogens (primary N) is 1. The maximum absolute atomic E-state index is 12.6. The number of aliphatic carboxylic acids is 1. The molecule has 0 saturated carbocycles. The summed E-state index contributed by atoms with van der Waals surface area (Å²) in [6, 6.07) is 45.7. The standard InChI is InChI=1S/C20H20N2O4S2.C19H19ClN2O2S.C18H17Cl2N3O3S.C18H16Cl2N2O4S.C17H16ClNO2S/c23-20(16-6-5-14-3-1-2-4-15(14)11-16)13-21-28(24,25)19-17(20)12-18(27-19)22-7-9-26-10-8-22;1-2-14-16-15(12-3-5-13(20)6-4-12)11-21-18(23)17(16)25-19(14)22-7-9-24-10-8-22;19-11-2-1-9(7-12(11)20)14-10-8-13(23-3-5-26-6-4-23)27-16(10)18(25)22-15(14)17(21)24;19-11-2-1-9(7-12(11)20)14-10-8-13(22-3-5-26-6-4-22)27-16(10)17(23)21-15(14)18(24)25;18-12-3-1-11(2-4-12)13-9-15(20)17-14(13)10-16(22-17)19-5-7-21-8-6-19/h1-6,11-12,21,23H,7-10,13H2;2-6,15H,1,7-11H2,(H,21,23);1-2,7-8,14-15H,3-6H2,(H2,21,24)(H,22,25);1-2,7-8,14-15H,3-6H2,(H,21,23)(H,24,25);1-4,10,13H,5-9H2/t;;2*14-,15-;/m..11./s1. The molecule has 25 nitrogen and oxygen atoms in total. The highest BCUT2D eigenvalue weighted by atomic mass is 35.5. The van der Waals surface area contributed by atoms with Gasteiger partial charge in [0.1, 0.15) is 21.9 Å². The quantitative estimate of drug-likeness (QED) is 0.0564. The summed E-state index contributed by atoms with van der Waals surface area (Å²) in [6.07, 6.45) is 2.47. The molecule has 8 N–H and O–H groups in total. The number of benzene rings is 6. The Labute approximate surface area is 794 Å². The fraction of sp³-hybridized carbons (Fsp3) is 0.326. The van der Waals surface area contributed by atoms with Crippen LogP contribution in [0.4, 0.5) is 25.0 Å². The molecule has 7 atom stereocenters. The first-order valence-corrected chi connectivity index (χ1v) is 49.7. The molecular weight excluding hydrogens is 1890 g/mol. The molecule has 11 aromatic rings. The molecule has 6 aromatic carbocycles.